The minimum Gasteiger partial charge on any atom is -0.336 e. The van der Waals surface area contributed by atoms with Crippen LogP contribution in [0.4, 0.5) is 0 Å². The second kappa shape index (κ2) is 6.41. The van der Waals surface area contributed by atoms with Crippen molar-refractivity contribution in [2.45, 2.75) is 63.5 Å². The molecular weight excluding hydrogens is 272 g/mol. The number of benzene rings is 1. The fraction of sp³-hybridized carbons (Fsp3) is 0.632. The Kier molecular flexibility index (Phi) is 4.53. The molecule has 1 aromatic carbocycles. The summed E-state index contributed by atoms with van der Waals surface area (Å²) in [4.78, 5) is 15.7. The van der Waals surface area contributed by atoms with Crippen LogP contribution < -0.4 is 5.32 Å². The van der Waals surface area contributed by atoms with E-state index in [2.05, 4.69) is 48.3 Å². The normalized spacial score (nSPS) is 28.4. The van der Waals surface area contributed by atoms with Crippen LogP contribution in [0.1, 0.15) is 51.5 Å². The molecule has 1 amide bonds. The van der Waals surface area contributed by atoms with Crippen molar-refractivity contribution < 1.29 is 4.79 Å². The summed E-state index contributed by atoms with van der Waals surface area (Å²) in [5.41, 5.74) is 0.934. The highest BCUT2D eigenvalue weighted by Gasteiger charge is 2.45. The van der Waals surface area contributed by atoms with Crippen molar-refractivity contribution in [3.63, 3.8) is 0 Å². The first-order valence-electron chi connectivity index (χ1n) is 8.73. The molecule has 1 saturated carbocycles. The van der Waals surface area contributed by atoms with Gasteiger partial charge in [-0.05, 0) is 32.3 Å². The highest BCUT2D eigenvalue weighted by molar-refractivity contribution is 5.88. The molecule has 120 valence electrons. The Morgan fingerprint density at radius 2 is 1.82 bits per heavy atom. The third-order valence-electron chi connectivity index (χ3n) is 5.47. The van der Waals surface area contributed by atoms with Crippen LogP contribution in [0.5, 0.6) is 0 Å². The van der Waals surface area contributed by atoms with Crippen molar-refractivity contribution in [2.24, 2.45) is 0 Å². The number of carbonyl (C=O) groups is 1. The van der Waals surface area contributed by atoms with E-state index in [1.807, 2.05) is 6.07 Å². The van der Waals surface area contributed by atoms with Crippen LogP contribution in [-0.4, -0.2) is 36.0 Å². The SMILES string of the molecule is CC1CN(C(=O)C2(c3ccccc3)CCCCC2)C(C)CN1. The van der Waals surface area contributed by atoms with Crippen LogP contribution in [-0.2, 0) is 10.2 Å². The summed E-state index contributed by atoms with van der Waals surface area (Å²) in [7, 11) is 0. The maximum atomic E-state index is 13.5. The van der Waals surface area contributed by atoms with Crippen LogP contribution in [0.15, 0.2) is 30.3 Å². The van der Waals surface area contributed by atoms with Crippen molar-refractivity contribution in [2.75, 3.05) is 13.1 Å². The molecular formula is C19H28N2O. The zero-order valence-corrected chi connectivity index (χ0v) is 13.8. The molecule has 1 N–H and O–H groups in total. The number of nitrogens with zero attached hydrogens (tertiary/aromatic N) is 1. The van der Waals surface area contributed by atoms with Gasteiger partial charge in [0.25, 0.3) is 0 Å². The Morgan fingerprint density at radius 3 is 2.50 bits per heavy atom. The summed E-state index contributed by atoms with van der Waals surface area (Å²) >= 11 is 0. The van der Waals surface area contributed by atoms with Gasteiger partial charge in [-0.15, -0.1) is 0 Å². The average molecular weight is 300 g/mol. The van der Waals surface area contributed by atoms with Crippen molar-refractivity contribution in [1.29, 1.82) is 0 Å². The van der Waals surface area contributed by atoms with Crippen molar-refractivity contribution in [3.05, 3.63) is 35.9 Å². The lowest BCUT2D eigenvalue weighted by molar-refractivity contribution is -0.142. The summed E-state index contributed by atoms with van der Waals surface area (Å²) in [5.74, 6) is 0.360. The first-order valence-corrected chi connectivity index (χ1v) is 8.73. The van der Waals surface area contributed by atoms with E-state index in [0.717, 1.165) is 38.8 Å². The van der Waals surface area contributed by atoms with Gasteiger partial charge in [0.15, 0.2) is 0 Å². The van der Waals surface area contributed by atoms with Crippen LogP contribution in [0.25, 0.3) is 0 Å². The number of carbonyl (C=O) groups excluding carboxylic acids is 1. The predicted molar refractivity (Wildman–Crippen MR) is 89.8 cm³/mol. The zero-order chi connectivity index (χ0) is 15.6. The molecule has 0 bridgehead atoms. The minimum atomic E-state index is -0.287. The van der Waals surface area contributed by atoms with Gasteiger partial charge in [-0.2, -0.15) is 0 Å². The lowest BCUT2D eigenvalue weighted by Crippen LogP contribution is -2.60. The van der Waals surface area contributed by atoms with Crippen molar-refractivity contribution >= 4 is 5.91 Å². The lowest BCUT2D eigenvalue weighted by atomic mass is 9.68. The Morgan fingerprint density at radius 1 is 1.14 bits per heavy atom. The Balaban J connectivity index is 1.93. The van der Waals surface area contributed by atoms with Crippen LogP contribution in [0.3, 0.4) is 0 Å². The first-order chi connectivity index (χ1) is 10.6. The number of amides is 1. The quantitative estimate of drug-likeness (QED) is 0.910. The molecule has 2 fully saturated rings. The second-order valence-corrected chi connectivity index (χ2v) is 7.12. The summed E-state index contributed by atoms with van der Waals surface area (Å²) < 4.78 is 0. The van der Waals surface area contributed by atoms with Gasteiger partial charge in [0.1, 0.15) is 0 Å². The van der Waals surface area contributed by atoms with E-state index in [-0.39, 0.29) is 11.5 Å². The molecule has 0 aromatic heterocycles. The van der Waals surface area contributed by atoms with E-state index in [9.17, 15) is 4.79 Å². The van der Waals surface area contributed by atoms with E-state index in [0.29, 0.717) is 11.9 Å². The predicted octanol–water partition coefficient (Wildman–Crippen LogP) is 3.10. The van der Waals surface area contributed by atoms with Crippen molar-refractivity contribution in [3.8, 4) is 0 Å². The lowest BCUT2D eigenvalue weighted by Gasteiger charge is -2.45. The fourth-order valence-electron chi connectivity index (χ4n) is 4.12. The van der Waals surface area contributed by atoms with Crippen molar-refractivity contribution in [1.82, 2.24) is 10.2 Å². The second-order valence-electron chi connectivity index (χ2n) is 7.12. The maximum absolute atomic E-state index is 13.5. The number of hydrogen-bond acceptors (Lipinski definition) is 2. The van der Waals surface area contributed by atoms with Gasteiger partial charge in [0.2, 0.25) is 5.91 Å². The van der Waals surface area contributed by atoms with E-state index < -0.39 is 0 Å². The Labute approximate surface area is 134 Å². The van der Waals surface area contributed by atoms with Gasteiger partial charge in [-0.3, -0.25) is 4.79 Å². The molecule has 1 aromatic rings. The summed E-state index contributed by atoms with van der Waals surface area (Å²) in [6.45, 7) is 6.06. The molecule has 3 rings (SSSR count). The molecule has 3 nitrogen and oxygen atoms in total. The summed E-state index contributed by atoms with van der Waals surface area (Å²) in [5, 5.41) is 3.48. The minimum absolute atomic E-state index is 0.284. The average Bonchev–Trinajstić information content (AvgIpc) is 2.58. The van der Waals surface area contributed by atoms with E-state index in [1.54, 1.807) is 0 Å². The molecule has 2 unspecified atom stereocenters. The standard InChI is InChI=1S/C19H28N2O/c1-15-14-21(16(2)13-20-15)18(22)19(11-7-4-8-12-19)17-9-5-3-6-10-17/h3,5-6,9-10,15-16,20H,4,7-8,11-14H2,1-2H3. The molecule has 2 aliphatic rings. The molecule has 2 atom stereocenters. The van der Waals surface area contributed by atoms with Crippen LogP contribution >= 0.6 is 0 Å². The smallest absolute Gasteiger partial charge is 0.233 e. The fourth-order valence-corrected chi connectivity index (χ4v) is 4.12. The largest absolute Gasteiger partial charge is 0.336 e. The van der Waals surface area contributed by atoms with Gasteiger partial charge in [0, 0.05) is 25.2 Å². The Bertz CT molecular complexity index is 507. The molecule has 22 heavy (non-hydrogen) atoms. The molecule has 3 heteroatoms. The van der Waals surface area contributed by atoms with Gasteiger partial charge >= 0.3 is 0 Å². The van der Waals surface area contributed by atoms with Gasteiger partial charge in [-0.25, -0.2) is 0 Å². The maximum Gasteiger partial charge on any atom is 0.233 e. The molecule has 1 saturated heterocycles. The van der Waals surface area contributed by atoms with Crippen LogP contribution in [0.2, 0.25) is 0 Å². The highest BCUT2D eigenvalue weighted by Crippen LogP contribution is 2.41. The monoisotopic (exact) mass is 300 g/mol. The van der Waals surface area contributed by atoms with E-state index in [1.165, 1.54) is 12.0 Å². The number of rotatable bonds is 2. The van der Waals surface area contributed by atoms with Gasteiger partial charge in [-0.1, -0.05) is 49.6 Å². The third-order valence-corrected chi connectivity index (χ3v) is 5.47. The molecule has 1 aliphatic carbocycles. The van der Waals surface area contributed by atoms with Gasteiger partial charge in [0.05, 0.1) is 5.41 Å². The highest BCUT2D eigenvalue weighted by atomic mass is 16.2. The van der Waals surface area contributed by atoms with E-state index in [4.69, 9.17) is 0 Å². The first kappa shape index (κ1) is 15.5. The van der Waals surface area contributed by atoms with Gasteiger partial charge < -0.3 is 10.2 Å². The topological polar surface area (TPSA) is 32.3 Å². The molecule has 1 heterocycles. The van der Waals surface area contributed by atoms with E-state index >= 15 is 0 Å². The Hall–Kier alpha value is -1.35. The summed E-state index contributed by atoms with van der Waals surface area (Å²) in [6.07, 6.45) is 5.59. The molecule has 0 spiro atoms. The zero-order valence-electron chi connectivity index (χ0n) is 13.8. The number of hydrogen-bond donors (Lipinski definition) is 1. The molecule has 0 radical (unpaired) electrons. The summed E-state index contributed by atoms with van der Waals surface area (Å²) in [6, 6.07) is 11.2. The number of piperazine rings is 1. The van der Waals surface area contributed by atoms with Crippen LogP contribution in [0, 0.1) is 0 Å². The third kappa shape index (κ3) is 2.79. The number of nitrogens with one attached hydrogen (secondary N) is 1. The molecule has 1 aliphatic heterocycles.